The summed E-state index contributed by atoms with van der Waals surface area (Å²) in [6.07, 6.45) is 17.1. The number of rotatable bonds is 6. The number of fused-ring (bicyclic) bond motifs is 1. The third-order valence-corrected chi connectivity index (χ3v) is 6.45. The van der Waals surface area contributed by atoms with Gasteiger partial charge in [0, 0.05) is 30.6 Å². The van der Waals surface area contributed by atoms with Crippen molar-refractivity contribution in [2.45, 2.75) is 37.8 Å². The molecule has 1 atom stereocenters. The van der Waals surface area contributed by atoms with Gasteiger partial charge < -0.3 is 19.2 Å². The molecule has 1 aromatic carbocycles. The minimum absolute atomic E-state index is 0.0700. The quantitative estimate of drug-likeness (QED) is 0.609. The molecule has 2 aromatic rings. The highest BCUT2D eigenvalue weighted by Crippen LogP contribution is 2.31. The average molecular weight is 445 g/mol. The van der Waals surface area contributed by atoms with E-state index in [1.54, 1.807) is 30.9 Å². The third kappa shape index (κ3) is 4.66. The summed E-state index contributed by atoms with van der Waals surface area (Å²) in [6.45, 7) is 5.66. The molecule has 5 rings (SSSR count). The molecule has 0 amide bonds. The standard InChI is InChI=1S/C27H28N2O4/c1-2-19-8-9-24-22(16-19)23(17-26(30)33-24)28-21-10-12-29(13-11-21)27(20-6-4-3-5-7-20)25-18-31-14-15-32-25/h2-4,6,8-9,14-18,21,27-28H,1,5,7,10-13H2. The molecule has 1 fully saturated rings. The van der Waals surface area contributed by atoms with Gasteiger partial charge in [-0.15, -0.1) is 0 Å². The van der Waals surface area contributed by atoms with Gasteiger partial charge in [-0.05, 0) is 49.0 Å². The fourth-order valence-corrected chi connectivity index (χ4v) is 4.80. The van der Waals surface area contributed by atoms with Gasteiger partial charge in [-0.2, -0.15) is 0 Å². The molecule has 33 heavy (non-hydrogen) atoms. The molecule has 1 saturated heterocycles. The van der Waals surface area contributed by atoms with Crippen LogP contribution in [0.2, 0.25) is 0 Å². The van der Waals surface area contributed by atoms with Crippen molar-refractivity contribution in [3.63, 3.8) is 0 Å². The third-order valence-electron chi connectivity index (χ3n) is 6.45. The molecule has 6 nitrogen and oxygen atoms in total. The minimum atomic E-state index is -0.347. The van der Waals surface area contributed by atoms with Crippen molar-refractivity contribution in [3.05, 3.63) is 95.2 Å². The van der Waals surface area contributed by atoms with Crippen LogP contribution in [-0.4, -0.2) is 30.1 Å². The lowest BCUT2D eigenvalue weighted by atomic mass is 9.92. The topological polar surface area (TPSA) is 63.9 Å². The van der Waals surface area contributed by atoms with E-state index in [0.717, 1.165) is 61.2 Å². The Bertz CT molecular complexity index is 1210. The smallest absolute Gasteiger partial charge is 0.338 e. The maximum Gasteiger partial charge on any atom is 0.338 e. The van der Waals surface area contributed by atoms with Crippen LogP contribution < -0.4 is 10.9 Å². The lowest BCUT2D eigenvalue weighted by Crippen LogP contribution is -2.46. The van der Waals surface area contributed by atoms with Crippen molar-refractivity contribution in [1.82, 2.24) is 4.90 Å². The zero-order valence-electron chi connectivity index (χ0n) is 18.5. The zero-order valence-corrected chi connectivity index (χ0v) is 18.5. The lowest BCUT2D eigenvalue weighted by Gasteiger charge is -2.40. The molecule has 0 saturated carbocycles. The summed E-state index contributed by atoms with van der Waals surface area (Å²) in [5.74, 6) is 0.828. The molecule has 1 aliphatic carbocycles. The highest BCUT2D eigenvalue weighted by molar-refractivity contribution is 5.91. The summed E-state index contributed by atoms with van der Waals surface area (Å²) in [5, 5.41) is 4.51. The molecule has 0 bridgehead atoms. The molecule has 0 radical (unpaired) electrons. The Morgan fingerprint density at radius 2 is 2.06 bits per heavy atom. The van der Waals surface area contributed by atoms with Gasteiger partial charge in [-0.3, -0.25) is 4.90 Å². The van der Waals surface area contributed by atoms with E-state index in [1.165, 1.54) is 5.57 Å². The van der Waals surface area contributed by atoms with Gasteiger partial charge in [0.2, 0.25) is 0 Å². The number of likely N-dealkylation sites (tertiary alicyclic amines) is 1. The van der Waals surface area contributed by atoms with Crippen LogP contribution in [0.4, 0.5) is 5.69 Å². The van der Waals surface area contributed by atoms with Crippen LogP contribution in [-0.2, 0) is 9.47 Å². The zero-order chi connectivity index (χ0) is 22.6. The van der Waals surface area contributed by atoms with Gasteiger partial charge in [0.25, 0.3) is 0 Å². The molecule has 2 aliphatic heterocycles. The summed E-state index contributed by atoms with van der Waals surface area (Å²) < 4.78 is 16.6. The lowest BCUT2D eigenvalue weighted by molar-refractivity contribution is 0.137. The summed E-state index contributed by atoms with van der Waals surface area (Å²) in [5.41, 5.74) is 3.39. The highest BCUT2D eigenvalue weighted by atomic mass is 16.5. The maximum atomic E-state index is 12.1. The molecular formula is C27H28N2O4. The van der Waals surface area contributed by atoms with Gasteiger partial charge in [0.05, 0.1) is 11.7 Å². The van der Waals surface area contributed by atoms with E-state index in [0.29, 0.717) is 5.58 Å². The Hall–Kier alpha value is -3.51. The number of hydrogen-bond donors (Lipinski definition) is 1. The van der Waals surface area contributed by atoms with Crippen LogP contribution in [0.5, 0.6) is 0 Å². The van der Waals surface area contributed by atoms with Crippen LogP contribution in [0.15, 0.2) is 88.4 Å². The number of allylic oxidation sites excluding steroid dienone is 3. The second-order valence-electron chi connectivity index (χ2n) is 8.55. The Balaban J connectivity index is 1.33. The molecule has 3 aliphatic rings. The number of benzene rings is 1. The second kappa shape index (κ2) is 9.55. The van der Waals surface area contributed by atoms with E-state index in [-0.39, 0.29) is 17.7 Å². The average Bonchev–Trinajstić information content (AvgIpc) is 2.86. The van der Waals surface area contributed by atoms with Crippen molar-refractivity contribution in [2.24, 2.45) is 0 Å². The van der Waals surface area contributed by atoms with E-state index < -0.39 is 0 Å². The first kappa shape index (κ1) is 21.3. The largest absolute Gasteiger partial charge is 0.466 e. The van der Waals surface area contributed by atoms with Gasteiger partial charge in [-0.1, -0.05) is 36.9 Å². The number of ether oxygens (including phenoxy) is 2. The highest BCUT2D eigenvalue weighted by Gasteiger charge is 2.32. The Morgan fingerprint density at radius 3 is 2.79 bits per heavy atom. The van der Waals surface area contributed by atoms with Gasteiger partial charge in [0.1, 0.15) is 24.4 Å². The Morgan fingerprint density at radius 1 is 1.18 bits per heavy atom. The SMILES string of the molecule is C=Cc1ccc2oc(=O)cc(NC3CCN(C(C4=CC=CCC4)C4=COC=CO4)CC3)c2c1. The van der Waals surface area contributed by atoms with E-state index in [2.05, 4.69) is 35.0 Å². The monoisotopic (exact) mass is 444 g/mol. The molecule has 1 unspecified atom stereocenters. The molecule has 3 heterocycles. The maximum absolute atomic E-state index is 12.1. The molecular weight excluding hydrogens is 416 g/mol. The minimum Gasteiger partial charge on any atom is -0.466 e. The number of anilines is 1. The summed E-state index contributed by atoms with van der Waals surface area (Å²) in [6, 6.07) is 7.61. The normalized spacial score (nSPS) is 19.9. The number of piperidine rings is 1. The number of hydrogen-bond acceptors (Lipinski definition) is 6. The predicted molar refractivity (Wildman–Crippen MR) is 130 cm³/mol. The molecule has 1 aromatic heterocycles. The van der Waals surface area contributed by atoms with E-state index in [1.807, 2.05) is 18.2 Å². The van der Waals surface area contributed by atoms with Crippen LogP contribution in [0.1, 0.15) is 31.2 Å². The number of nitrogens with one attached hydrogen (secondary N) is 1. The van der Waals surface area contributed by atoms with E-state index >= 15 is 0 Å². The predicted octanol–water partition coefficient (Wildman–Crippen LogP) is 5.32. The molecule has 1 N–H and O–H groups in total. The van der Waals surface area contributed by atoms with Crippen molar-refractivity contribution in [1.29, 1.82) is 0 Å². The van der Waals surface area contributed by atoms with Crippen LogP contribution >= 0.6 is 0 Å². The summed E-state index contributed by atoms with van der Waals surface area (Å²) >= 11 is 0. The van der Waals surface area contributed by atoms with Crippen LogP contribution in [0.25, 0.3) is 17.0 Å². The van der Waals surface area contributed by atoms with Crippen molar-refractivity contribution >= 4 is 22.7 Å². The first-order chi connectivity index (χ1) is 16.2. The van der Waals surface area contributed by atoms with Gasteiger partial charge in [-0.25, -0.2) is 4.79 Å². The Labute approximate surface area is 193 Å². The van der Waals surface area contributed by atoms with Gasteiger partial charge in [0.15, 0.2) is 5.76 Å². The van der Waals surface area contributed by atoms with Crippen molar-refractivity contribution < 1.29 is 13.9 Å². The molecule has 0 spiro atoms. The van der Waals surface area contributed by atoms with Crippen molar-refractivity contribution in [2.75, 3.05) is 18.4 Å². The second-order valence-corrected chi connectivity index (χ2v) is 8.55. The Kier molecular flexibility index (Phi) is 6.17. The fraction of sp³-hybridized carbons (Fsp3) is 0.296. The fourth-order valence-electron chi connectivity index (χ4n) is 4.80. The molecule has 6 heteroatoms. The van der Waals surface area contributed by atoms with Crippen molar-refractivity contribution in [3.8, 4) is 0 Å². The summed E-state index contributed by atoms with van der Waals surface area (Å²) in [4.78, 5) is 14.6. The summed E-state index contributed by atoms with van der Waals surface area (Å²) in [7, 11) is 0. The molecule has 170 valence electrons. The van der Waals surface area contributed by atoms with Crippen LogP contribution in [0, 0.1) is 0 Å². The number of nitrogens with zero attached hydrogens (tertiary/aromatic N) is 1. The van der Waals surface area contributed by atoms with E-state index in [9.17, 15) is 4.79 Å². The first-order valence-electron chi connectivity index (χ1n) is 11.4. The first-order valence-corrected chi connectivity index (χ1v) is 11.4. The van der Waals surface area contributed by atoms with E-state index in [4.69, 9.17) is 13.9 Å². The van der Waals surface area contributed by atoms with Crippen LogP contribution in [0.3, 0.4) is 0 Å². The van der Waals surface area contributed by atoms with Gasteiger partial charge >= 0.3 is 5.63 Å².